The molecule has 0 aromatic heterocycles. The number of rotatable bonds is 7. The van der Waals surface area contributed by atoms with Gasteiger partial charge in [-0.15, -0.1) is 0 Å². The maximum Gasteiger partial charge on any atom is 0.0480 e. The van der Waals surface area contributed by atoms with Crippen LogP contribution in [0.25, 0.3) is 0 Å². The Morgan fingerprint density at radius 2 is 1.92 bits per heavy atom. The predicted octanol–water partition coefficient (Wildman–Crippen LogP) is 2.18. The lowest BCUT2D eigenvalue weighted by molar-refractivity contribution is 0.123. The van der Waals surface area contributed by atoms with Gasteiger partial charge in [-0.2, -0.15) is 0 Å². The van der Waals surface area contributed by atoms with Crippen molar-refractivity contribution in [2.75, 3.05) is 13.2 Å². The van der Waals surface area contributed by atoms with Crippen LogP contribution in [0.15, 0.2) is 0 Å². The molecule has 0 aliphatic rings. The summed E-state index contributed by atoms with van der Waals surface area (Å²) < 4.78 is 5.37. The molecule has 2 nitrogen and oxygen atoms in total. The third-order valence-electron chi connectivity index (χ3n) is 2.32. The zero-order valence-corrected chi connectivity index (χ0v) is 8.68. The summed E-state index contributed by atoms with van der Waals surface area (Å²) in [4.78, 5) is 0. The van der Waals surface area contributed by atoms with Gasteiger partial charge >= 0.3 is 0 Å². The summed E-state index contributed by atoms with van der Waals surface area (Å²) in [6.45, 7) is 8.18. The van der Waals surface area contributed by atoms with Gasteiger partial charge in [-0.3, -0.25) is 0 Å². The van der Waals surface area contributed by atoms with E-state index in [0.29, 0.717) is 12.0 Å². The molecular weight excluding hydrogens is 150 g/mol. The van der Waals surface area contributed by atoms with Crippen LogP contribution in [0.3, 0.4) is 0 Å². The highest BCUT2D eigenvalue weighted by atomic mass is 16.5. The maximum atomic E-state index is 5.93. The second-order valence-electron chi connectivity index (χ2n) is 3.45. The van der Waals surface area contributed by atoms with Crippen molar-refractivity contribution in [1.29, 1.82) is 0 Å². The number of ether oxygens (including phenoxy) is 1. The molecule has 2 unspecified atom stereocenters. The lowest BCUT2D eigenvalue weighted by atomic mass is 9.98. The van der Waals surface area contributed by atoms with Gasteiger partial charge in [0, 0.05) is 19.3 Å². The van der Waals surface area contributed by atoms with Crippen LogP contribution in [0, 0.1) is 5.92 Å². The Bertz CT molecular complexity index is 95.8. The molecule has 0 aliphatic carbocycles. The van der Waals surface area contributed by atoms with Crippen LogP contribution < -0.4 is 5.73 Å². The summed E-state index contributed by atoms with van der Waals surface area (Å²) in [6, 6.07) is 0.312. The van der Waals surface area contributed by atoms with Crippen molar-refractivity contribution in [2.24, 2.45) is 11.7 Å². The maximum absolute atomic E-state index is 5.93. The molecule has 0 saturated heterocycles. The Hall–Kier alpha value is -0.0800. The Labute approximate surface area is 76.5 Å². The van der Waals surface area contributed by atoms with Gasteiger partial charge in [-0.1, -0.05) is 27.2 Å². The van der Waals surface area contributed by atoms with Crippen LogP contribution in [-0.2, 0) is 4.74 Å². The first kappa shape index (κ1) is 11.9. The SMILES string of the molecule is CCCOCCC(N)C(C)CC. The average molecular weight is 173 g/mol. The van der Waals surface area contributed by atoms with E-state index in [2.05, 4.69) is 20.8 Å². The van der Waals surface area contributed by atoms with Crippen molar-refractivity contribution in [3.63, 3.8) is 0 Å². The standard InChI is InChI=1S/C10H23NO/c1-4-7-12-8-6-10(11)9(3)5-2/h9-10H,4-8,11H2,1-3H3. The van der Waals surface area contributed by atoms with Crippen LogP contribution >= 0.6 is 0 Å². The van der Waals surface area contributed by atoms with E-state index in [1.807, 2.05) is 0 Å². The lowest BCUT2D eigenvalue weighted by Gasteiger charge is -2.17. The fraction of sp³-hybridized carbons (Fsp3) is 1.00. The fourth-order valence-corrected chi connectivity index (χ4v) is 1.05. The van der Waals surface area contributed by atoms with Crippen molar-refractivity contribution in [1.82, 2.24) is 0 Å². The molecule has 0 fully saturated rings. The molecule has 0 bridgehead atoms. The molecule has 0 amide bonds. The normalized spacial score (nSPS) is 16.0. The molecule has 0 aromatic rings. The van der Waals surface area contributed by atoms with Crippen LogP contribution in [0.1, 0.15) is 40.0 Å². The first-order valence-electron chi connectivity index (χ1n) is 5.05. The first-order valence-corrected chi connectivity index (χ1v) is 5.05. The number of hydrogen-bond acceptors (Lipinski definition) is 2. The van der Waals surface area contributed by atoms with Crippen LogP contribution in [-0.4, -0.2) is 19.3 Å². The van der Waals surface area contributed by atoms with Crippen molar-refractivity contribution in [3.8, 4) is 0 Å². The van der Waals surface area contributed by atoms with Crippen LogP contribution in [0.4, 0.5) is 0 Å². The van der Waals surface area contributed by atoms with Gasteiger partial charge in [0.25, 0.3) is 0 Å². The number of nitrogens with two attached hydrogens (primary N) is 1. The van der Waals surface area contributed by atoms with Crippen molar-refractivity contribution >= 4 is 0 Å². The highest BCUT2D eigenvalue weighted by Crippen LogP contribution is 2.08. The molecule has 74 valence electrons. The minimum absolute atomic E-state index is 0.312. The summed E-state index contributed by atoms with van der Waals surface area (Å²) in [5.74, 6) is 0.621. The summed E-state index contributed by atoms with van der Waals surface area (Å²) in [5.41, 5.74) is 5.93. The zero-order chi connectivity index (χ0) is 9.40. The second kappa shape index (κ2) is 7.56. The minimum Gasteiger partial charge on any atom is -0.381 e. The van der Waals surface area contributed by atoms with E-state index in [1.165, 1.54) is 0 Å². The predicted molar refractivity (Wildman–Crippen MR) is 53.2 cm³/mol. The largest absolute Gasteiger partial charge is 0.381 e. The fourth-order valence-electron chi connectivity index (χ4n) is 1.05. The van der Waals surface area contributed by atoms with Crippen molar-refractivity contribution in [3.05, 3.63) is 0 Å². The number of hydrogen-bond donors (Lipinski definition) is 1. The quantitative estimate of drug-likeness (QED) is 0.599. The molecule has 2 atom stereocenters. The zero-order valence-electron chi connectivity index (χ0n) is 8.68. The van der Waals surface area contributed by atoms with E-state index in [-0.39, 0.29) is 0 Å². The Balaban J connectivity index is 3.24. The highest BCUT2D eigenvalue weighted by molar-refractivity contribution is 4.67. The van der Waals surface area contributed by atoms with Gasteiger partial charge in [0.15, 0.2) is 0 Å². The summed E-state index contributed by atoms with van der Waals surface area (Å²) in [7, 11) is 0. The van der Waals surface area contributed by atoms with E-state index in [4.69, 9.17) is 10.5 Å². The monoisotopic (exact) mass is 173 g/mol. The molecular formula is C10H23NO. The van der Waals surface area contributed by atoms with E-state index in [9.17, 15) is 0 Å². The third kappa shape index (κ3) is 5.56. The van der Waals surface area contributed by atoms with Crippen molar-refractivity contribution < 1.29 is 4.74 Å². The third-order valence-corrected chi connectivity index (χ3v) is 2.32. The molecule has 0 heterocycles. The topological polar surface area (TPSA) is 35.2 Å². The molecule has 0 spiro atoms. The molecule has 0 aromatic carbocycles. The van der Waals surface area contributed by atoms with Gasteiger partial charge in [-0.05, 0) is 18.8 Å². The van der Waals surface area contributed by atoms with Crippen LogP contribution in [0.2, 0.25) is 0 Å². The molecule has 0 saturated carbocycles. The van der Waals surface area contributed by atoms with Gasteiger partial charge in [0.05, 0.1) is 0 Å². The Kier molecular flexibility index (Phi) is 7.51. The Morgan fingerprint density at radius 1 is 1.25 bits per heavy atom. The van der Waals surface area contributed by atoms with Crippen molar-refractivity contribution in [2.45, 2.75) is 46.1 Å². The highest BCUT2D eigenvalue weighted by Gasteiger charge is 2.09. The molecule has 2 N–H and O–H groups in total. The lowest BCUT2D eigenvalue weighted by Crippen LogP contribution is -2.29. The minimum atomic E-state index is 0.312. The second-order valence-corrected chi connectivity index (χ2v) is 3.45. The van der Waals surface area contributed by atoms with Gasteiger partial charge in [-0.25, -0.2) is 0 Å². The summed E-state index contributed by atoms with van der Waals surface area (Å²) >= 11 is 0. The summed E-state index contributed by atoms with van der Waals surface area (Å²) in [5, 5.41) is 0. The smallest absolute Gasteiger partial charge is 0.0480 e. The molecule has 0 aliphatic heterocycles. The van der Waals surface area contributed by atoms with E-state index in [1.54, 1.807) is 0 Å². The molecule has 2 heteroatoms. The van der Waals surface area contributed by atoms with Gasteiger partial charge in [0.1, 0.15) is 0 Å². The molecule has 0 radical (unpaired) electrons. The van der Waals surface area contributed by atoms with E-state index < -0.39 is 0 Å². The van der Waals surface area contributed by atoms with Gasteiger partial charge in [0.2, 0.25) is 0 Å². The molecule has 12 heavy (non-hydrogen) atoms. The summed E-state index contributed by atoms with van der Waals surface area (Å²) in [6.07, 6.45) is 3.25. The van der Waals surface area contributed by atoms with Crippen LogP contribution in [0.5, 0.6) is 0 Å². The van der Waals surface area contributed by atoms with E-state index >= 15 is 0 Å². The molecule has 0 rings (SSSR count). The Morgan fingerprint density at radius 3 is 2.42 bits per heavy atom. The van der Waals surface area contributed by atoms with E-state index in [0.717, 1.165) is 32.5 Å². The average Bonchev–Trinajstić information content (AvgIpc) is 2.10. The first-order chi connectivity index (χ1) is 5.72. The van der Waals surface area contributed by atoms with Gasteiger partial charge < -0.3 is 10.5 Å².